The number of rotatable bonds is 4. The number of aromatic carboxylic acids is 1. The molecule has 1 fully saturated rings. The topological polar surface area (TPSA) is 72.3 Å². The van der Waals surface area contributed by atoms with Gasteiger partial charge in [-0.05, 0) is 30.6 Å². The highest BCUT2D eigenvalue weighted by Gasteiger charge is 2.32. The third-order valence-electron chi connectivity index (χ3n) is 4.08. The predicted octanol–water partition coefficient (Wildman–Crippen LogP) is 3.01. The van der Waals surface area contributed by atoms with Gasteiger partial charge in [0.15, 0.2) is 5.69 Å². The summed E-state index contributed by atoms with van der Waals surface area (Å²) in [4.78, 5) is 18.6. The largest absolute Gasteiger partial charge is 0.476 e. The van der Waals surface area contributed by atoms with Crippen molar-refractivity contribution in [1.82, 2.24) is 9.97 Å². The van der Waals surface area contributed by atoms with Crippen LogP contribution in [0.5, 0.6) is 5.88 Å². The van der Waals surface area contributed by atoms with Crippen LogP contribution in [-0.4, -0.2) is 27.1 Å². The minimum atomic E-state index is -1.07. The first-order valence-corrected chi connectivity index (χ1v) is 7.19. The Kier molecular flexibility index (Phi) is 4.57. The zero-order chi connectivity index (χ0) is 14.7. The van der Waals surface area contributed by atoms with Crippen LogP contribution in [0.3, 0.4) is 0 Å². The Labute approximate surface area is 119 Å². The second kappa shape index (κ2) is 6.20. The molecule has 0 aromatic carbocycles. The maximum absolute atomic E-state index is 10.7. The van der Waals surface area contributed by atoms with Gasteiger partial charge < -0.3 is 9.84 Å². The van der Waals surface area contributed by atoms with E-state index in [-0.39, 0.29) is 11.8 Å². The lowest BCUT2D eigenvalue weighted by Crippen LogP contribution is -2.36. The Morgan fingerprint density at radius 2 is 2.10 bits per heavy atom. The maximum atomic E-state index is 10.7. The minimum Gasteiger partial charge on any atom is -0.476 e. The molecule has 20 heavy (non-hydrogen) atoms. The van der Waals surface area contributed by atoms with Gasteiger partial charge in [0, 0.05) is 0 Å². The van der Waals surface area contributed by atoms with Crippen molar-refractivity contribution in [2.24, 2.45) is 17.8 Å². The quantitative estimate of drug-likeness (QED) is 0.916. The molecule has 0 spiro atoms. The van der Waals surface area contributed by atoms with Crippen LogP contribution in [0.4, 0.5) is 0 Å². The average molecular weight is 278 g/mol. The van der Waals surface area contributed by atoms with Crippen molar-refractivity contribution in [3.63, 3.8) is 0 Å². The monoisotopic (exact) mass is 278 g/mol. The van der Waals surface area contributed by atoms with Gasteiger partial charge in [-0.2, -0.15) is 0 Å². The van der Waals surface area contributed by atoms with Gasteiger partial charge in [0.2, 0.25) is 5.88 Å². The molecule has 0 aliphatic heterocycles. The van der Waals surface area contributed by atoms with Gasteiger partial charge in [0.05, 0.1) is 12.4 Å². The molecule has 1 saturated carbocycles. The van der Waals surface area contributed by atoms with Crippen molar-refractivity contribution in [2.45, 2.75) is 46.1 Å². The highest BCUT2D eigenvalue weighted by atomic mass is 16.5. The summed E-state index contributed by atoms with van der Waals surface area (Å²) < 4.78 is 5.97. The molecule has 3 unspecified atom stereocenters. The number of carboxylic acid groups (broad SMARTS) is 1. The molecule has 5 heteroatoms. The standard InChI is InChI=1S/C15H22N2O3/c1-9(2)11-5-4-10(3)6-13(11)20-14-8-16-12(7-17-14)15(18)19/h7-11,13H,4-6H2,1-3H3,(H,18,19). The molecule has 0 bridgehead atoms. The molecule has 1 heterocycles. The molecule has 1 aromatic heterocycles. The summed E-state index contributed by atoms with van der Waals surface area (Å²) in [6.45, 7) is 6.68. The fourth-order valence-corrected chi connectivity index (χ4v) is 2.89. The lowest BCUT2D eigenvalue weighted by Gasteiger charge is -2.36. The summed E-state index contributed by atoms with van der Waals surface area (Å²) >= 11 is 0. The molecule has 1 aromatic rings. The van der Waals surface area contributed by atoms with Crippen LogP contribution in [0.1, 0.15) is 50.5 Å². The molecule has 5 nitrogen and oxygen atoms in total. The first kappa shape index (κ1) is 14.8. The lowest BCUT2D eigenvalue weighted by atomic mass is 9.75. The zero-order valence-electron chi connectivity index (χ0n) is 12.2. The van der Waals surface area contributed by atoms with Crippen LogP contribution in [0, 0.1) is 17.8 Å². The second-order valence-corrected chi connectivity index (χ2v) is 6.03. The Hall–Kier alpha value is -1.65. The molecule has 0 saturated heterocycles. The van der Waals surface area contributed by atoms with Crippen molar-refractivity contribution in [1.29, 1.82) is 0 Å². The molecule has 1 aliphatic carbocycles. The number of hydrogen-bond acceptors (Lipinski definition) is 4. The normalized spacial score (nSPS) is 26.5. The number of hydrogen-bond donors (Lipinski definition) is 1. The molecular formula is C15H22N2O3. The van der Waals surface area contributed by atoms with Gasteiger partial charge in [-0.1, -0.05) is 27.2 Å². The summed E-state index contributed by atoms with van der Waals surface area (Å²) in [5.74, 6) is 1.09. The van der Waals surface area contributed by atoms with Crippen molar-refractivity contribution >= 4 is 5.97 Å². The molecular weight excluding hydrogens is 256 g/mol. The Bertz CT molecular complexity index is 459. The van der Waals surface area contributed by atoms with E-state index in [0.717, 1.165) is 6.42 Å². The molecule has 2 rings (SSSR count). The summed E-state index contributed by atoms with van der Waals surface area (Å²) in [5, 5.41) is 8.80. The Morgan fingerprint density at radius 1 is 1.35 bits per heavy atom. The van der Waals surface area contributed by atoms with E-state index in [0.29, 0.717) is 23.6 Å². The second-order valence-electron chi connectivity index (χ2n) is 6.03. The van der Waals surface area contributed by atoms with Crippen LogP contribution >= 0.6 is 0 Å². The molecule has 0 radical (unpaired) electrons. The molecule has 1 aliphatic rings. The highest BCUT2D eigenvalue weighted by molar-refractivity contribution is 5.84. The van der Waals surface area contributed by atoms with Crippen molar-refractivity contribution < 1.29 is 14.6 Å². The van der Waals surface area contributed by atoms with Crippen molar-refractivity contribution in [2.75, 3.05) is 0 Å². The predicted molar refractivity (Wildman–Crippen MR) is 74.8 cm³/mol. The van der Waals surface area contributed by atoms with E-state index in [1.165, 1.54) is 25.2 Å². The average Bonchev–Trinajstić information content (AvgIpc) is 2.39. The van der Waals surface area contributed by atoms with Crippen molar-refractivity contribution in [3.8, 4) is 5.88 Å². The fraction of sp³-hybridized carbons (Fsp3) is 0.667. The van der Waals surface area contributed by atoms with Crippen molar-refractivity contribution in [3.05, 3.63) is 18.1 Å². The molecule has 3 atom stereocenters. The van der Waals surface area contributed by atoms with E-state index in [2.05, 4.69) is 30.7 Å². The summed E-state index contributed by atoms with van der Waals surface area (Å²) in [7, 11) is 0. The summed E-state index contributed by atoms with van der Waals surface area (Å²) in [6.07, 6.45) is 6.22. The molecule has 1 N–H and O–H groups in total. The van der Waals surface area contributed by atoms with Gasteiger partial charge in [-0.25, -0.2) is 14.8 Å². The first-order chi connectivity index (χ1) is 9.47. The fourth-order valence-electron chi connectivity index (χ4n) is 2.89. The van der Waals surface area contributed by atoms with Gasteiger partial charge >= 0.3 is 5.97 Å². The number of aromatic nitrogens is 2. The van der Waals surface area contributed by atoms with Crippen LogP contribution in [0.15, 0.2) is 12.4 Å². The van der Waals surface area contributed by atoms with Gasteiger partial charge in [0.1, 0.15) is 6.10 Å². The maximum Gasteiger partial charge on any atom is 0.356 e. The first-order valence-electron chi connectivity index (χ1n) is 7.19. The number of carboxylic acids is 1. The minimum absolute atomic E-state index is 0.0604. The Balaban J connectivity index is 2.07. The van der Waals surface area contributed by atoms with Crippen LogP contribution in [0.2, 0.25) is 0 Å². The summed E-state index contributed by atoms with van der Waals surface area (Å²) in [6, 6.07) is 0. The van der Waals surface area contributed by atoms with E-state index in [4.69, 9.17) is 9.84 Å². The smallest absolute Gasteiger partial charge is 0.356 e. The lowest BCUT2D eigenvalue weighted by molar-refractivity contribution is 0.0422. The van der Waals surface area contributed by atoms with E-state index in [1.54, 1.807) is 0 Å². The number of nitrogens with zero attached hydrogens (tertiary/aromatic N) is 2. The molecule has 110 valence electrons. The van der Waals surface area contributed by atoms with Gasteiger partial charge in [-0.15, -0.1) is 0 Å². The highest BCUT2D eigenvalue weighted by Crippen LogP contribution is 2.35. The summed E-state index contributed by atoms with van der Waals surface area (Å²) in [5.41, 5.74) is -0.0604. The van der Waals surface area contributed by atoms with E-state index in [1.807, 2.05) is 0 Å². The Morgan fingerprint density at radius 3 is 2.65 bits per heavy atom. The van der Waals surface area contributed by atoms with Gasteiger partial charge in [-0.3, -0.25) is 0 Å². The van der Waals surface area contributed by atoms with E-state index < -0.39 is 5.97 Å². The van der Waals surface area contributed by atoms with Gasteiger partial charge in [0.25, 0.3) is 0 Å². The van der Waals surface area contributed by atoms with E-state index in [9.17, 15) is 4.79 Å². The third kappa shape index (κ3) is 3.46. The third-order valence-corrected chi connectivity index (χ3v) is 4.08. The van der Waals surface area contributed by atoms with Crippen LogP contribution in [-0.2, 0) is 0 Å². The van der Waals surface area contributed by atoms with Crippen LogP contribution in [0.25, 0.3) is 0 Å². The molecule has 0 amide bonds. The number of ether oxygens (including phenoxy) is 1. The zero-order valence-corrected chi connectivity index (χ0v) is 12.2. The number of carbonyl (C=O) groups is 1. The van der Waals surface area contributed by atoms with Crippen LogP contribution < -0.4 is 4.74 Å². The van der Waals surface area contributed by atoms with E-state index >= 15 is 0 Å². The SMILES string of the molecule is CC1CCC(C(C)C)C(Oc2cnc(C(=O)O)cn2)C1.